The van der Waals surface area contributed by atoms with E-state index >= 15 is 0 Å². The Hall–Kier alpha value is -3.41. The zero-order valence-electron chi connectivity index (χ0n) is 13.9. The Morgan fingerprint density at radius 2 is 2.04 bits per heavy atom. The van der Waals surface area contributed by atoms with Crippen molar-refractivity contribution in [3.05, 3.63) is 65.4 Å². The second kappa shape index (κ2) is 7.00. The number of phenolic OH excluding ortho intramolecular Hbond substituents is 1. The summed E-state index contributed by atoms with van der Waals surface area (Å²) in [5.74, 6) is -0.0421. The minimum Gasteiger partial charge on any atom is -0.504 e. The van der Waals surface area contributed by atoms with Crippen molar-refractivity contribution in [1.82, 2.24) is 10.4 Å². The summed E-state index contributed by atoms with van der Waals surface area (Å²) < 4.78 is 5.04. The molecular formula is C19H17N3O3. The van der Waals surface area contributed by atoms with Gasteiger partial charge in [-0.3, -0.25) is 9.78 Å². The molecule has 0 fully saturated rings. The van der Waals surface area contributed by atoms with Gasteiger partial charge in [0.25, 0.3) is 5.91 Å². The van der Waals surface area contributed by atoms with Gasteiger partial charge in [-0.2, -0.15) is 5.10 Å². The first-order valence-corrected chi connectivity index (χ1v) is 7.66. The number of benzene rings is 2. The Bertz CT molecular complexity index is 967. The van der Waals surface area contributed by atoms with Gasteiger partial charge in [0.2, 0.25) is 0 Å². The van der Waals surface area contributed by atoms with Crippen LogP contribution in [0.3, 0.4) is 0 Å². The van der Waals surface area contributed by atoms with E-state index in [1.807, 2.05) is 31.2 Å². The lowest BCUT2D eigenvalue weighted by Crippen LogP contribution is -2.18. The third-order valence-corrected chi connectivity index (χ3v) is 3.71. The summed E-state index contributed by atoms with van der Waals surface area (Å²) in [6.45, 7) is 1.83. The molecule has 0 aliphatic heterocycles. The summed E-state index contributed by atoms with van der Waals surface area (Å²) in [7, 11) is 1.47. The molecule has 1 heterocycles. The molecular weight excluding hydrogens is 318 g/mol. The van der Waals surface area contributed by atoms with Crippen molar-refractivity contribution in [1.29, 1.82) is 0 Å². The van der Waals surface area contributed by atoms with Gasteiger partial charge in [0, 0.05) is 16.6 Å². The van der Waals surface area contributed by atoms with Gasteiger partial charge in [-0.15, -0.1) is 0 Å². The van der Waals surface area contributed by atoms with Crippen LogP contribution in [-0.4, -0.2) is 29.3 Å². The topological polar surface area (TPSA) is 83.8 Å². The van der Waals surface area contributed by atoms with Gasteiger partial charge in [0.05, 0.1) is 24.4 Å². The van der Waals surface area contributed by atoms with Crippen LogP contribution >= 0.6 is 0 Å². The quantitative estimate of drug-likeness (QED) is 0.567. The average Bonchev–Trinajstić information content (AvgIpc) is 2.62. The number of aromatic hydroxyl groups is 1. The van der Waals surface area contributed by atoms with Crippen molar-refractivity contribution < 1.29 is 14.6 Å². The van der Waals surface area contributed by atoms with E-state index in [9.17, 15) is 9.90 Å². The number of nitrogens with one attached hydrogen (secondary N) is 1. The number of fused-ring (bicyclic) bond motifs is 1. The first-order chi connectivity index (χ1) is 12.1. The summed E-state index contributed by atoms with van der Waals surface area (Å²) in [5.41, 5.74) is 4.92. The fourth-order valence-electron chi connectivity index (χ4n) is 2.52. The third kappa shape index (κ3) is 3.42. The van der Waals surface area contributed by atoms with Crippen LogP contribution in [-0.2, 0) is 0 Å². The zero-order chi connectivity index (χ0) is 17.8. The lowest BCUT2D eigenvalue weighted by Gasteiger charge is -2.07. The number of para-hydroxylation sites is 2. The van der Waals surface area contributed by atoms with Crippen molar-refractivity contribution in [2.75, 3.05) is 7.11 Å². The SMILES string of the molecule is COc1cccc(/C=N/NC(=O)c2cc(C)nc3ccccc23)c1O. The summed E-state index contributed by atoms with van der Waals surface area (Å²) in [6, 6.07) is 14.2. The minimum atomic E-state index is -0.347. The number of nitrogens with zero attached hydrogens (tertiary/aromatic N) is 2. The molecule has 2 aromatic carbocycles. The molecule has 3 aromatic rings. The standard InChI is InChI=1S/C19H17N3O3/c1-12-10-15(14-7-3-4-8-16(14)21-12)19(24)22-20-11-13-6-5-9-17(25-2)18(13)23/h3-11,23H,1-2H3,(H,22,24)/b20-11+. The Morgan fingerprint density at radius 1 is 1.24 bits per heavy atom. The number of aryl methyl sites for hydroxylation is 1. The lowest BCUT2D eigenvalue weighted by atomic mass is 10.1. The van der Waals surface area contributed by atoms with Gasteiger partial charge in [0.15, 0.2) is 11.5 Å². The van der Waals surface area contributed by atoms with Crippen LogP contribution in [0.25, 0.3) is 10.9 Å². The lowest BCUT2D eigenvalue weighted by molar-refractivity contribution is 0.0956. The van der Waals surface area contributed by atoms with Crippen LogP contribution in [0.2, 0.25) is 0 Å². The molecule has 0 aliphatic rings. The van der Waals surface area contributed by atoms with E-state index in [0.29, 0.717) is 16.9 Å². The zero-order valence-corrected chi connectivity index (χ0v) is 13.9. The van der Waals surface area contributed by atoms with Crippen LogP contribution < -0.4 is 10.2 Å². The molecule has 0 unspecified atom stereocenters. The Balaban J connectivity index is 1.84. The molecule has 0 saturated carbocycles. The number of hydrogen-bond donors (Lipinski definition) is 2. The van der Waals surface area contributed by atoms with E-state index in [-0.39, 0.29) is 11.7 Å². The number of pyridine rings is 1. The minimum absolute atomic E-state index is 0.0341. The predicted octanol–water partition coefficient (Wildman–Crippen LogP) is 3.02. The molecule has 0 saturated heterocycles. The summed E-state index contributed by atoms with van der Waals surface area (Å²) in [4.78, 5) is 16.9. The third-order valence-electron chi connectivity index (χ3n) is 3.71. The molecule has 0 bridgehead atoms. The normalized spacial score (nSPS) is 11.0. The molecule has 126 valence electrons. The van der Waals surface area contributed by atoms with Crippen molar-refractivity contribution in [2.45, 2.75) is 6.92 Å². The number of phenols is 1. The number of hydrogen-bond acceptors (Lipinski definition) is 5. The van der Waals surface area contributed by atoms with Crippen LogP contribution in [0.1, 0.15) is 21.6 Å². The number of aromatic nitrogens is 1. The van der Waals surface area contributed by atoms with E-state index in [4.69, 9.17) is 4.74 Å². The number of rotatable bonds is 4. The van der Waals surface area contributed by atoms with Gasteiger partial charge in [0.1, 0.15) is 0 Å². The highest BCUT2D eigenvalue weighted by Crippen LogP contribution is 2.27. The number of carbonyl (C=O) groups is 1. The van der Waals surface area contributed by atoms with Crippen molar-refractivity contribution >= 4 is 23.0 Å². The second-order valence-electron chi connectivity index (χ2n) is 5.43. The fourth-order valence-corrected chi connectivity index (χ4v) is 2.52. The molecule has 3 rings (SSSR count). The molecule has 0 spiro atoms. The van der Waals surface area contributed by atoms with Crippen LogP contribution in [0.4, 0.5) is 0 Å². The smallest absolute Gasteiger partial charge is 0.272 e. The van der Waals surface area contributed by atoms with Gasteiger partial charge in [-0.05, 0) is 31.2 Å². The van der Waals surface area contributed by atoms with E-state index < -0.39 is 0 Å². The molecule has 1 aromatic heterocycles. The molecule has 0 aliphatic carbocycles. The molecule has 6 heteroatoms. The highest BCUT2D eigenvalue weighted by atomic mass is 16.5. The maximum absolute atomic E-state index is 12.5. The molecule has 25 heavy (non-hydrogen) atoms. The molecule has 2 N–H and O–H groups in total. The van der Waals surface area contributed by atoms with Gasteiger partial charge in [-0.1, -0.05) is 24.3 Å². The van der Waals surface area contributed by atoms with Crippen molar-refractivity contribution in [3.8, 4) is 11.5 Å². The van der Waals surface area contributed by atoms with Gasteiger partial charge < -0.3 is 9.84 Å². The van der Waals surface area contributed by atoms with Crippen molar-refractivity contribution in [2.24, 2.45) is 5.10 Å². The van der Waals surface area contributed by atoms with E-state index in [1.54, 1.807) is 24.3 Å². The fraction of sp³-hybridized carbons (Fsp3) is 0.105. The number of carbonyl (C=O) groups excluding carboxylic acids is 1. The summed E-state index contributed by atoms with van der Waals surface area (Å²) in [6.07, 6.45) is 1.37. The number of methoxy groups -OCH3 is 1. The first-order valence-electron chi connectivity index (χ1n) is 7.66. The van der Waals surface area contributed by atoms with Crippen LogP contribution in [0, 0.1) is 6.92 Å². The Kier molecular flexibility index (Phi) is 4.61. The number of hydrazone groups is 1. The van der Waals surface area contributed by atoms with E-state index in [1.165, 1.54) is 13.3 Å². The summed E-state index contributed by atoms with van der Waals surface area (Å²) >= 11 is 0. The largest absolute Gasteiger partial charge is 0.504 e. The number of ether oxygens (including phenoxy) is 1. The predicted molar refractivity (Wildman–Crippen MR) is 96.2 cm³/mol. The highest BCUT2D eigenvalue weighted by Gasteiger charge is 2.11. The maximum Gasteiger partial charge on any atom is 0.272 e. The number of amides is 1. The monoisotopic (exact) mass is 335 g/mol. The highest BCUT2D eigenvalue weighted by molar-refractivity contribution is 6.06. The molecule has 0 radical (unpaired) electrons. The maximum atomic E-state index is 12.5. The van der Waals surface area contributed by atoms with Gasteiger partial charge in [-0.25, -0.2) is 5.43 Å². The second-order valence-corrected chi connectivity index (χ2v) is 5.43. The van der Waals surface area contributed by atoms with Crippen molar-refractivity contribution in [3.63, 3.8) is 0 Å². The van der Waals surface area contributed by atoms with Crippen LogP contribution in [0.15, 0.2) is 53.6 Å². The van der Waals surface area contributed by atoms with Crippen LogP contribution in [0.5, 0.6) is 11.5 Å². The van der Waals surface area contributed by atoms with Gasteiger partial charge >= 0.3 is 0 Å². The Morgan fingerprint density at radius 3 is 2.84 bits per heavy atom. The van der Waals surface area contributed by atoms with E-state index in [2.05, 4.69) is 15.5 Å². The molecule has 1 amide bonds. The summed E-state index contributed by atoms with van der Waals surface area (Å²) in [5, 5.41) is 14.7. The van der Waals surface area contributed by atoms with E-state index in [0.717, 1.165) is 16.6 Å². The molecule has 6 nitrogen and oxygen atoms in total. The Labute approximate surface area is 144 Å². The average molecular weight is 335 g/mol. The molecule has 0 atom stereocenters. The first kappa shape index (κ1) is 16.4.